The van der Waals surface area contributed by atoms with Crippen LogP contribution >= 0.6 is 0 Å². The molecule has 2 aromatic rings. The summed E-state index contributed by atoms with van der Waals surface area (Å²) in [5, 5.41) is 14.3. The van der Waals surface area contributed by atoms with Gasteiger partial charge in [0.15, 0.2) is 0 Å². The number of benzene rings is 2. The molecule has 2 aromatic carbocycles. The van der Waals surface area contributed by atoms with Gasteiger partial charge in [-0.15, -0.1) is 0 Å². The van der Waals surface area contributed by atoms with Gasteiger partial charge in [-0.05, 0) is 47.1 Å². The zero-order valence-corrected chi connectivity index (χ0v) is 18.1. The zero-order valence-electron chi connectivity index (χ0n) is 17.1. The van der Waals surface area contributed by atoms with Crippen molar-refractivity contribution in [2.45, 2.75) is 31.9 Å². The van der Waals surface area contributed by atoms with Crippen molar-refractivity contribution in [3.05, 3.63) is 46.6 Å². The SMILES string of the molecule is CN(C)c1ccc2c(c1)[Si](C)(CCCC(=O)O)c1cc3c(cc1=N2)CC[N+]=3C. The third-order valence-electron chi connectivity index (χ3n) is 6.32. The number of aliphatic carboxylic acids is 1. The van der Waals surface area contributed by atoms with E-state index in [0.717, 1.165) is 30.1 Å². The highest BCUT2D eigenvalue weighted by Crippen LogP contribution is 2.25. The second-order valence-electron chi connectivity index (χ2n) is 8.46. The van der Waals surface area contributed by atoms with Gasteiger partial charge in [0.25, 0.3) is 0 Å². The largest absolute Gasteiger partial charge is 0.481 e. The number of likely N-dealkylation sites (N-methyl/N-ethyl adjacent to an activating group) is 1. The molecule has 4 rings (SSSR count). The van der Waals surface area contributed by atoms with E-state index in [0.29, 0.717) is 6.42 Å². The van der Waals surface area contributed by atoms with E-state index in [-0.39, 0.29) is 6.42 Å². The molecular formula is C22H28N3O2Si+. The van der Waals surface area contributed by atoms with Gasteiger partial charge < -0.3 is 10.0 Å². The van der Waals surface area contributed by atoms with Crippen molar-refractivity contribution in [1.82, 2.24) is 4.58 Å². The van der Waals surface area contributed by atoms with Gasteiger partial charge in [0, 0.05) is 44.3 Å². The van der Waals surface area contributed by atoms with Gasteiger partial charge in [-0.25, -0.2) is 9.57 Å². The molecule has 0 radical (unpaired) electrons. The highest BCUT2D eigenvalue weighted by molar-refractivity contribution is 7.02. The maximum absolute atomic E-state index is 11.2. The van der Waals surface area contributed by atoms with Crippen molar-refractivity contribution in [2.24, 2.45) is 4.99 Å². The Labute approximate surface area is 166 Å². The Morgan fingerprint density at radius 3 is 2.75 bits per heavy atom. The first-order chi connectivity index (χ1) is 13.3. The normalized spacial score (nSPS) is 19.5. The zero-order chi connectivity index (χ0) is 20.1. The van der Waals surface area contributed by atoms with Gasteiger partial charge in [-0.1, -0.05) is 6.55 Å². The monoisotopic (exact) mass is 394 g/mol. The molecule has 0 saturated carbocycles. The summed E-state index contributed by atoms with van der Waals surface area (Å²) in [6.07, 6.45) is 2.00. The minimum absolute atomic E-state index is 0.225. The third kappa shape index (κ3) is 3.05. The number of carboxylic acids is 1. The minimum atomic E-state index is -2.10. The lowest BCUT2D eigenvalue weighted by Gasteiger charge is -2.33. The second kappa shape index (κ2) is 6.85. The van der Waals surface area contributed by atoms with E-state index in [4.69, 9.17) is 4.99 Å². The van der Waals surface area contributed by atoms with Crippen LogP contribution in [0.15, 0.2) is 35.3 Å². The highest BCUT2D eigenvalue weighted by atomic mass is 28.3. The molecule has 2 aliphatic heterocycles. The molecule has 1 atom stereocenters. The second-order valence-corrected chi connectivity index (χ2v) is 12.7. The van der Waals surface area contributed by atoms with Gasteiger partial charge in [0.05, 0.1) is 11.0 Å². The van der Waals surface area contributed by atoms with Crippen molar-refractivity contribution in [1.29, 1.82) is 0 Å². The fraction of sp³-hybridized carbons (Fsp3) is 0.409. The predicted octanol–water partition coefficient (Wildman–Crippen LogP) is 0.752. The number of rotatable bonds is 5. The van der Waals surface area contributed by atoms with E-state index in [2.05, 4.69) is 67.5 Å². The van der Waals surface area contributed by atoms with Crippen molar-refractivity contribution in [3.8, 4) is 0 Å². The first kappa shape index (κ1) is 18.9. The number of hydrogen-bond acceptors (Lipinski definition) is 3. The van der Waals surface area contributed by atoms with Crippen LogP contribution in [-0.4, -0.2) is 46.8 Å². The number of carboxylic acid groups (broad SMARTS) is 1. The average Bonchev–Trinajstić information content (AvgIpc) is 3.00. The number of anilines is 1. The molecule has 2 heterocycles. The molecule has 146 valence electrons. The van der Waals surface area contributed by atoms with Gasteiger partial charge in [-0.3, -0.25) is 4.79 Å². The Balaban J connectivity index is 1.94. The quantitative estimate of drug-likeness (QED) is 0.602. The van der Waals surface area contributed by atoms with Crippen molar-refractivity contribution in [3.63, 3.8) is 0 Å². The molecule has 0 amide bonds. The van der Waals surface area contributed by atoms with Crippen LogP contribution in [0.5, 0.6) is 0 Å². The van der Waals surface area contributed by atoms with Crippen LogP contribution in [0.1, 0.15) is 18.4 Å². The summed E-state index contributed by atoms with van der Waals surface area (Å²) in [5.41, 5.74) is 3.61. The molecule has 0 saturated heterocycles. The topological polar surface area (TPSA) is 55.9 Å². The fourth-order valence-electron chi connectivity index (χ4n) is 4.60. The maximum atomic E-state index is 11.2. The summed E-state index contributed by atoms with van der Waals surface area (Å²) < 4.78 is 2.33. The van der Waals surface area contributed by atoms with Crippen molar-refractivity contribution < 1.29 is 9.90 Å². The van der Waals surface area contributed by atoms with Crippen molar-refractivity contribution in [2.75, 3.05) is 32.6 Å². The smallest absolute Gasteiger partial charge is 0.303 e. The standard InChI is InChI=1S/C22H27N3O2Si/c1-24(2)16-7-8-17-20(13-16)28(4,11-5-6-22(26)27)21-14-19-15(9-10-25(19)3)12-18(21)23-17/h7-8,12-14H,5-6,9-11H2,1-4H3/p+1. The summed E-state index contributed by atoms with van der Waals surface area (Å²) in [7, 11) is 4.16. The molecule has 6 heteroatoms. The summed E-state index contributed by atoms with van der Waals surface area (Å²) in [5.74, 6) is -0.714. The first-order valence-electron chi connectivity index (χ1n) is 9.93. The third-order valence-corrected chi connectivity index (χ3v) is 10.9. The van der Waals surface area contributed by atoms with Gasteiger partial charge in [-0.2, -0.15) is 0 Å². The fourth-order valence-corrected chi connectivity index (χ4v) is 8.63. The summed E-state index contributed by atoms with van der Waals surface area (Å²) in [6, 6.07) is 12.1. The highest BCUT2D eigenvalue weighted by Gasteiger charge is 2.39. The predicted molar refractivity (Wildman–Crippen MR) is 116 cm³/mol. The number of nitrogens with zero attached hydrogens (tertiary/aromatic N) is 3. The summed E-state index contributed by atoms with van der Waals surface area (Å²) in [4.78, 5) is 18.3. The van der Waals surface area contributed by atoms with E-state index >= 15 is 0 Å². The van der Waals surface area contributed by atoms with Crippen molar-refractivity contribution >= 4 is 35.8 Å². The number of fused-ring (bicyclic) bond motifs is 3. The Morgan fingerprint density at radius 2 is 2.04 bits per heavy atom. The Hall–Kier alpha value is -2.47. The number of carbonyl (C=O) groups is 1. The molecule has 2 aliphatic rings. The Kier molecular flexibility index (Phi) is 4.61. The van der Waals surface area contributed by atoms with Gasteiger partial charge in [0.2, 0.25) is 5.36 Å². The lowest BCUT2D eigenvalue weighted by atomic mass is 10.1. The first-order valence-corrected chi connectivity index (χ1v) is 12.6. The molecule has 0 aliphatic carbocycles. The van der Waals surface area contributed by atoms with E-state index in [1.54, 1.807) is 0 Å². The molecule has 5 nitrogen and oxygen atoms in total. The molecule has 0 aromatic heterocycles. The molecular weight excluding hydrogens is 366 g/mol. The molecule has 1 N–H and O–H groups in total. The van der Waals surface area contributed by atoms with Crippen LogP contribution in [0.4, 0.5) is 11.4 Å². The van der Waals surface area contributed by atoms with Crippen LogP contribution in [0.2, 0.25) is 12.6 Å². The van der Waals surface area contributed by atoms with Gasteiger partial charge >= 0.3 is 5.97 Å². The van der Waals surface area contributed by atoms with Crippen LogP contribution in [0.3, 0.4) is 0 Å². The van der Waals surface area contributed by atoms with E-state index in [9.17, 15) is 9.90 Å². The average molecular weight is 395 g/mol. The molecule has 28 heavy (non-hydrogen) atoms. The summed E-state index contributed by atoms with van der Waals surface area (Å²) >= 11 is 0. The van der Waals surface area contributed by atoms with Crippen LogP contribution in [0, 0.1) is 0 Å². The van der Waals surface area contributed by atoms with E-state index < -0.39 is 14.0 Å². The molecule has 1 unspecified atom stereocenters. The summed E-state index contributed by atoms with van der Waals surface area (Å²) in [6.45, 7) is 3.44. The lowest BCUT2D eigenvalue weighted by molar-refractivity contribution is -0.137. The van der Waals surface area contributed by atoms with Crippen LogP contribution in [-0.2, 0) is 11.2 Å². The Morgan fingerprint density at radius 1 is 1.25 bits per heavy atom. The van der Waals surface area contributed by atoms with Gasteiger partial charge in [0.1, 0.15) is 21.7 Å². The van der Waals surface area contributed by atoms with Crippen LogP contribution in [0.25, 0.3) is 0 Å². The lowest BCUT2D eigenvalue weighted by Crippen LogP contribution is -2.63. The molecule has 0 spiro atoms. The van der Waals surface area contributed by atoms with E-state index in [1.807, 2.05) is 0 Å². The van der Waals surface area contributed by atoms with E-state index in [1.165, 1.54) is 27.0 Å². The molecule has 0 bridgehead atoms. The number of hydrogen-bond donors (Lipinski definition) is 1. The molecule has 0 fully saturated rings. The van der Waals surface area contributed by atoms with Crippen LogP contribution < -0.4 is 30.6 Å². The maximum Gasteiger partial charge on any atom is 0.303 e. The minimum Gasteiger partial charge on any atom is -0.481 e. The Bertz CT molecular complexity index is 1090.